The molecule has 4 rings (SSSR count). The molecule has 2 aromatic carbocycles. The fourth-order valence-corrected chi connectivity index (χ4v) is 4.57. The molecule has 0 saturated heterocycles. The monoisotopic (exact) mass is 284 g/mol. The van der Waals surface area contributed by atoms with Crippen LogP contribution in [0.2, 0.25) is 0 Å². The van der Waals surface area contributed by atoms with Gasteiger partial charge in [-0.3, -0.25) is 0 Å². The molecule has 2 aliphatic carbocycles. The SMILES string of the molecule is C=CC1=C(C)C2(C(C)=C(C)c3ccccc32)c2ccccc21. The van der Waals surface area contributed by atoms with Gasteiger partial charge in [0, 0.05) is 0 Å². The van der Waals surface area contributed by atoms with Crippen molar-refractivity contribution in [3.8, 4) is 0 Å². The summed E-state index contributed by atoms with van der Waals surface area (Å²) in [6, 6.07) is 17.6. The standard InChI is InChI=1S/C22H20/c1-5-17-16(4)22(21-13-9-7-11-19(17)21)15(3)14(2)18-10-6-8-12-20(18)22/h5-13H,1H2,2-4H3. The molecule has 2 aliphatic rings. The van der Waals surface area contributed by atoms with E-state index in [1.54, 1.807) is 0 Å². The summed E-state index contributed by atoms with van der Waals surface area (Å²) in [5.41, 5.74) is 11.0. The van der Waals surface area contributed by atoms with E-state index in [1.807, 2.05) is 6.08 Å². The molecule has 1 unspecified atom stereocenters. The largest absolute Gasteiger partial charge is 0.0984 e. The molecule has 0 heteroatoms. The zero-order valence-electron chi connectivity index (χ0n) is 13.4. The first kappa shape index (κ1) is 13.3. The van der Waals surface area contributed by atoms with Crippen molar-refractivity contribution in [3.05, 3.63) is 94.6 Å². The van der Waals surface area contributed by atoms with Crippen molar-refractivity contribution in [2.24, 2.45) is 0 Å². The summed E-state index contributed by atoms with van der Waals surface area (Å²) in [5, 5.41) is 0. The van der Waals surface area contributed by atoms with Crippen molar-refractivity contribution in [1.82, 2.24) is 0 Å². The van der Waals surface area contributed by atoms with Crippen LogP contribution in [0, 0.1) is 0 Å². The van der Waals surface area contributed by atoms with Gasteiger partial charge < -0.3 is 0 Å². The molecule has 1 atom stereocenters. The average molecular weight is 284 g/mol. The van der Waals surface area contributed by atoms with Gasteiger partial charge in [-0.25, -0.2) is 0 Å². The van der Waals surface area contributed by atoms with E-state index >= 15 is 0 Å². The predicted octanol–water partition coefficient (Wildman–Crippen LogP) is 5.75. The highest BCUT2D eigenvalue weighted by Gasteiger charge is 2.49. The second kappa shape index (κ2) is 4.33. The van der Waals surface area contributed by atoms with Crippen LogP contribution in [0.15, 0.2) is 72.3 Å². The summed E-state index contributed by atoms with van der Waals surface area (Å²) < 4.78 is 0. The molecule has 1 spiro atoms. The Morgan fingerprint density at radius 1 is 0.773 bits per heavy atom. The summed E-state index contributed by atoms with van der Waals surface area (Å²) in [6.45, 7) is 10.9. The van der Waals surface area contributed by atoms with Gasteiger partial charge in [-0.2, -0.15) is 0 Å². The summed E-state index contributed by atoms with van der Waals surface area (Å²) in [5.74, 6) is 0. The van der Waals surface area contributed by atoms with Gasteiger partial charge in [0.15, 0.2) is 0 Å². The van der Waals surface area contributed by atoms with Gasteiger partial charge in [0.05, 0.1) is 5.41 Å². The van der Waals surface area contributed by atoms with Crippen LogP contribution in [-0.4, -0.2) is 0 Å². The Morgan fingerprint density at radius 2 is 1.32 bits per heavy atom. The predicted molar refractivity (Wildman–Crippen MR) is 94.7 cm³/mol. The topological polar surface area (TPSA) is 0 Å². The van der Waals surface area contributed by atoms with E-state index in [4.69, 9.17) is 0 Å². The highest BCUT2D eigenvalue weighted by molar-refractivity contribution is 5.94. The normalized spacial score (nSPS) is 22.3. The van der Waals surface area contributed by atoms with Crippen molar-refractivity contribution in [1.29, 1.82) is 0 Å². The minimum atomic E-state index is -0.0964. The number of benzene rings is 2. The first-order valence-corrected chi connectivity index (χ1v) is 7.85. The van der Waals surface area contributed by atoms with Crippen LogP contribution in [0.4, 0.5) is 0 Å². The van der Waals surface area contributed by atoms with Gasteiger partial charge in [-0.1, -0.05) is 66.8 Å². The van der Waals surface area contributed by atoms with Crippen molar-refractivity contribution in [3.63, 3.8) is 0 Å². The molecule has 2 aromatic rings. The van der Waals surface area contributed by atoms with Crippen LogP contribution >= 0.6 is 0 Å². The Balaban J connectivity index is 2.20. The molecular weight excluding hydrogens is 264 g/mol. The van der Waals surface area contributed by atoms with Crippen LogP contribution in [0.3, 0.4) is 0 Å². The fourth-order valence-electron chi connectivity index (χ4n) is 4.57. The Morgan fingerprint density at radius 3 is 1.95 bits per heavy atom. The Bertz CT molecular complexity index is 876. The maximum atomic E-state index is 4.07. The Labute approximate surface area is 132 Å². The van der Waals surface area contributed by atoms with E-state index in [2.05, 4.69) is 75.9 Å². The molecule has 0 N–H and O–H groups in total. The van der Waals surface area contributed by atoms with Gasteiger partial charge in [-0.05, 0) is 59.7 Å². The lowest BCUT2D eigenvalue weighted by Gasteiger charge is -2.32. The van der Waals surface area contributed by atoms with Crippen molar-refractivity contribution >= 4 is 11.1 Å². The van der Waals surface area contributed by atoms with Gasteiger partial charge in [0.25, 0.3) is 0 Å². The maximum Gasteiger partial charge on any atom is 0.0642 e. The van der Waals surface area contributed by atoms with Crippen molar-refractivity contribution in [2.75, 3.05) is 0 Å². The second-order valence-corrected chi connectivity index (χ2v) is 6.33. The van der Waals surface area contributed by atoms with E-state index in [0.29, 0.717) is 0 Å². The van der Waals surface area contributed by atoms with E-state index in [-0.39, 0.29) is 5.41 Å². The molecule has 22 heavy (non-hydrogen) atoms. The van der Waals surface area contributed by atoms with Crippen LogP contribution < -0.4 is 0 Å². The summed E-state index contributed by atoms with van der Waals surface area (Å²) in [7, 11) is 0. The molecule has 0 aliphatic heterocycles. The minimum absolute atomic E-state index is 0.0964. The summed E-state index contributed by atoms with van der Waals surface area (Å²) >= 11 is 0. The number of allylic oxidation sites excluding steroid dienone is 5. The van der Waals surface area contributed by atoms with Crippen LogP contribution in [-0.2, 0) is 5.41 Å². The fraction of sp³-hybridized carbons (Fsp3) is 0.182. The molecule has 0 bridgehead atoms. The van der Waals surface area contributed by atoms with Gasteiger partial charge in [-0.15, -0.1) is 0 Å². The third kappa shape index (κ3) is 1.29. The zero-order chi connectivity index (χ0) is 15.5. The molecule has 0 fully saturated rings. The van der Waals surface area contributed by atoms with E-state index in [9.17, 15) is 0 Å². The molecule has 0 aromatic heterocycles. The molecule has 0 radical (unpaired) electrons. The van der Waals surface area contributed by atoms with Crippen LogP contribution in [0.1, 0.15) is 43.0 Å². The summed E-state index contributed by atoms with van der Waals surface area (Å²) in [6.07, 6.45) is 2.02. The van der Waals surface area contributed by atoms with E-state index < -0.39 is 0 Å². The maximum absolute atomic E-state index is 4.07. The minimum Gasteiger partial charge on any atom is -0.0984 e. The quantitative estimate of drug-likeness (QED) is 0.625. The molecule has 0 amide bonds. The van der Waals surface area contributed by atoms with Gasteiger partial charge in [0.1, 0.15) is 0 Å². The molecule has 0 heterocycles. The highest BCUT2D eigenvalue weighted by atomic mass is 14.5. The Hall–Kier alpha value is -2.34. The third-order valence-corrected chi connectivity index (χ3v) is 5.65. The van der Waals surface area contributed by atoms with Crippen LogP contribution in [0.25, 0.3) is 11.1 Å². The number of hydrogen-bond acceptors (Lipinski definition) is 0. The van der Waals surface area contributed by atoms with E-state index in [0.717, 1.165) is 0 Å². The average Bonchev–Trinajstić information content (AvgIpc) is 2.94. The lowest BCUT2D eigenvalue weighted by atomic mass is 9.70. The second-order valence-electron chi connectivity index (χ2n) is 6.33. The number of rotatable bonds is 1. The lowest BCUT2D eigenvalue weighted by Crippen LogP contribution is -2.26. The smallest absolute Gasteiger partial charge is 0.0642 e. The molecular formula is C22H20. The lowest BCUT2D eigenvalue weighted by molar-refractivity contribution is 0.741. The van der Waals surface area contributed by atoms with Gasteiger partial charge >= 0.3 is 0 Å². The number of fused-ring (bicyclic) bond motifs is 4. The molecule has 0 nitrogen and oxygen atoms in total. The van der Waals surface area contributed by atoms with Crippen molar-refractivity contribution in [2.45, 2.75) is 26.2 Å². The summed E-state index contributed by atoms with van der Waals surface area (Å²) in [4.78, 5) is 0. The first-order valence-electron chi connectivity index (χ1n) is 7.85. The molecule has 0 saturated carbocycles. The molecule has 108 valence electrons. The van der Waals surface area contributed by atoms with Gasteiger partial charge in [0.2, 0.25) is 0 Å². The first-order chi connectivity index (χ1) is 10.6. The Kier molecular flexibility index (Phi) is 2.62. The van der Waals surface area contributed by atoms with E-state index in [1.165, 1.54) is 44.5 Å². The number of hydrogen-bond donors (Lipinski definition) is 0. The van der Waals surface area contributed by atoms with Crippen molar-refractivity contribution < 1.29 is 0 Å². The highest BCUT2D eigenvalue weighted by Crippen LogP contribution is 2.60. The third-order valence-electron chi connectivity index (χ3n) is 5.65. The zero-order valence-corrected chi connectivity index (χ0v) is 13.4. The van der Waals surface area contributed by atoms with Crippen LogP contribution in [0.5, 0.6) is 0 Å².